The van der Waals surface area contributed by atoms with Crippen molar-refractivity contribution in [1.29, 1.82) is 0 Å². The summed E-state index contributed by atoms with van der Waals surface area (Å²) in [6.07, 6.45) is 1.64. The second kappa shape index (κ2) is 5.25. The Morgan fingerprint density at radius 3 is 2.50 bits per heavy atom. The Kier molecular flexibility index (Phi) is 4.46. The smallest absolute Gasteiger partial charge is 0.179 e. The molecular formula is C10H13BrFNO2S. The maximum Gasteiger partial charge on any atom is 0.179 e. The molecular weight excluding hydrogens is 297 g/mol. The summed E-state index contributed by atoms with van der Waals surface area (Å²) < 4.78 is 36.5. The van der Waals surface area contributed by atoms with Crippen molar-refractivity contribution >= 4 is 25.8 Å². The molecule has 0 heterocycles. The van der Waals surface area contributed by atoms with E-state index in [0.29, 0.717) is 13.0 Å². The van der Waals surface area contributed by atoms with Crippen LogP contribution in [0.1, 0.15) is 5.56 Å². The van der Waals surface area contributed by atoms with Crippen LogP contribution in [-0.4, -0.2) is 28.3 Å². The van der Waals surface area contributed by atoms with Gasteiger partial charge in [0.25, 0.3) is 0 Å². The standard InChI is InChI=1S/C10H13BrFNO2S/c1-13-4-3-7-5-8(11)10(9(12)6-7)16(2,14)15/h5-6,13H,3-4H2,1-2H3. The summed E-state index contributed by atoms with van der Waals surface area (Å²) in [5.41, 5.74) is 0.756. The highest BCUT2D eigenvalue weighted by molar-refractivity contribution is 9.10. The first-order valence-electron chi connectivity index (χ1n) is 4.69. The SMILES string of the molecule is CNCCc1cc(F)c(S(C)(=O)=O)c(Br)c1. The fraction of sp³-hybridized carbons (Fsp3) is 0.400. The van der Waals surface area contributed by atoms with E-state index < -0.39 is 15.7 Å². The zero-order valence-electron chi connectivity index (χ0n) is 9.05. The summed E-state index contributed by atoms with van der Waals surface area (Å²) in [7, 11) is -1.74. The number of benzene rings is 1. The molecule has 16 heavy (non-hydrogen) atoms. The molecule has 0 aliphatic rings. The Morgan fingerprint density at radius 1 is 1.44 bits per heavy atom. The van der Waals surface area contributed by atoms with Gasteiger partial charge in [0.2, 0.25) is 0 Å². The Bertz CT molecular complexity index is 465. The zero-order valence-corrected chi connectivity index (χ0v) is 11.5. The van der Waals surface area contributed by atoms with E-state index in [1.54, 1.807) is 13.1 Å². The van der Waals surface area contributed by atoms with Crippen molar-refractivity contribution in [1.82, 2.24) is 5.32 Å². The number of hydrogen-bond donors (Lipinski definition) is 1. The predicted molar refractivity (Wildman–Crippen MR) is 64.8 cm³/mol. The van der Waals surface area contributed by atoms with E-state index in [0.717, 1.165) is 11.8 Å². The molecule has 0 saturated carbocycles. The molecule has 0 saturated heterocycles. The van der Waals surface area contributed by atoms with Crippen molar-refractivity contribution in [2.75, 3.05) is 19.8 Å². The fourth-order valence-electron chi connectivity index (χ4n) is 1.38. The summed E-state index contributed by atoms with van der Waals surface area (Å²) in [6, 6.07) is 2.90. The van der Waals surface area contributed by atoms with Crippen LogP contribution in [0.25, 0.3) is 0 Å². The Labute approximate surface area is 103 Å². The van der Waals surface area contributed by atoms with Crippen molar-refractivity contribution in [3.8, 4) is 0 Å². The molecule has 90 valence electrons. The van der Waals surface area contributed by atoms with Crippen LogP contribution in [0.3, 0.4) is 0 Å². The van der Waals surface area contributed by atoms with Crippen LogP contribution in [0, 0.1) is 5.82 Å². The second-order valence-corrected chi connectivity index (χ2v) is 6.32. The van der Waals surface area contributed by atoms with E-state index in [2.05, 4.69) is 21.2 Å². The summed E-state index contributed by atoms with van der Waals surface area (Å²) >= 11 is 3.09. The Morgan fingerprint density at radius 2 is 2.06 bits per heavy atom. The van der Waals surface area contributed by atoms with Gasteiger partial charge in [-0.05, 0) is 53.6 Å². The lowest BCUT2D eigenvalue weighted by Crippen LogP contribution is -2.11. The van der Waals surface area contributed by atoms with Gasteiger partial charge in [0, 0.05) is 10.7 Å². The third-order valence-corrected chi connectivity index (χ3v) is 4.14. The van der Waals surface area contributed by atoms with Crippen LogP contribution in [0.4, 0.5) is 4.39 Å². The van der Waals surface area contributed by atoms with Gasteiger partial charge in [-0.15, -0.1) is 0 Å². The van der Waals surface area contributed by atoms with Gasteiger partial charge in [0.15, 0.2) is 9.84 Å². The first-order chi connectivity index (χ1) is 7.36. The second-order valence-electron chi connectivity index (χ2n) is 3.51. The van der Waals surface area contributed by atoms with Crippen LogP contribution in [0.2, 0.25) is 0 Å². The van der Waals surface area contributed by atoms with Crippen molar-refractivity contribution < 1.29 is 12.8 Å². The molecule has 0 amide bonds. The Hall–Kier alpha value is -0.460. The molecule has 0 fully saturated rings. The highest BCUT2D eigenvalue weighted by Gasteiger charge is 2.18. The van der Waals surface area contributed by atoms with Crippen LogP contribution in [0.15, 0.2) is 21.5 Å². The van der Waals surface area contributed by atoms with Gasteiger partial charge in [-0.3, -0.25) is 0 Å². The molecule has 6 heteroatoms. The molecule has 1 N–H and O–H groups in total. The van der Waals surface area contributed by atoms with Crippen molar-refractivity contribution in [2.45, 2.75) is 11.3 Å². The van der Waals surface area contributed by atoms with Crippen molar-refractivity contribution in [3.05, 3.63) is 28.0 Å². The topological polar surface area (TPSA) is 46.2 Å². The van der Waals surface area contributed by atoms with Gasteiger partial charge in [-0.2, -0.15) is 0 Å². The molecule has 0 radical (unpaired) electrons. The van der Waals surface area contributed by atoms with E-state index in [-0.39, 0.29) is 9.37 Å². The highest BCUT2D eigenvalue weighted by atomic mass is 79.9. The first-order valence-corrected chi connectivity index (χ1v) is 7.37. The fourth-order valence-corrected chi connectivity index (χ4v) is 3.57. The minimum Gasteiger partial charge on any atom is -0.319 e. The average molecular weight is 310 g/mol. The van der Waals surface area contributed by atoms with Crippen LogP contribution < -0.4 is 5.32 Å². The summed E-state index contributed by atoms with van der Waals surface area (Å²) in [5.74, 6) is -0.706. The Balaban J connectivity index is 3.18. The predicted octanol–water partition coefficient (Wildman–Crippen LogP) is 1.75. The lowest BCUT2D eigenvalue weighted by Gasteiger charge is -2.07. The third-order valence-electron chi connectivity index (χ3n) is 2.09. The van der Waals surface area contributed by atoms with Crippen molar-refractivity contribution in [3.63, 3.8) is 0 Å². The minimum atomic E-state index is -3.54. The lowest BCUT2D eigenvalue weighted by molar-refractivity contribution is 0.567. The van der Waals surface area contributed by atoms with E-state index in [4.69, 9.17) is 0 Å². The molecule has 1 aromatic carbocycles. The minimum absolute atomic E-state index is 0.277. The maximum atomic E-state index is 13.6. The first kappa shape index (κ1) is 13.6. The number of likely N-dealkylation sites (N-methyl/N-ethyl adjacent to an activating group) is 1. The summed E-state index contributed by atoms with van der Waals surface area (Å²) in [5, 5.41) is 2.94. The van der Waals surface area contributed by atoms with E-state index in [1.165, 1.54) is 6.07 Å². The number of nitrogens with one attached hydrogen (secondary N) is 1. The van der Waals surface area contributed by atoms with E-state index in [1.807, 2.05) is 0 Å². The number of halogens is 2. The molecule has 0 bridgehead atoms. The monoisotopic (exact) mass is 309 g/mol. The van der Waals surface area contributed by atoms with E-state index >= 15 is 0 Å². The maximum absolute atomic E-state index is 13.6. The molecule has 0 spiro atoms. The molecule has 3 nitrogen and oxygen atoms in total. The van der Waals surface area contributed by atoms with Crippen LogP contribution in [-0.2, 0) is 16.3 Å². The van der Waals surface area contributed by atoms with Gasteiger partial charge >= 0.3 is 0 Å². The molecule has 0 aromatic heterocycles. The average Bonchev–Trinajstić information content (AvgIpc) is 2.11. The lowest BCUT2D eigenvalue weighted by atomic mass is 10.1. The van der Waals surface area contributed by atoms with Gasteiger partial charge < -0.3 is 5.32 Å². The van der Waals surface area contributed by atoms with Gasteiger partial charge in [0.05, 0.1) is 0 Å². The molecule has 1 rings (SSSR count). The van der Waals surface area contributed by atoms with E-state index in [9.17, 15) is 12.8 Å². The van der Waals surface area contributed by atoms with Gasteiger partial charge in [-0.25, -0.2) is 12.8 Å². The molecule has 0 unspecified atom stereocenters. The summed E-state index contributed by atoms with van der Waals surface area (Å²) in [6.45, 7) is 0.712. The third kappa shape index (κ3) is 3.26. The zero-order chi connectivity index (χ0) is 12.3. The largest absolute Gasteiger partial charge is 0.319 e. The quantitative estimate of drug-likeness (QED) is 0.922. The molecule has 1 aromatic rings. The number of sulfone groups is 1. The van der Waals surface area contributed by atoms with Crippen LogP contribution in [0.5, 0.6) is 0 Å². The summed E-state index contributed by atoms with van der Waals surface area (Å²) in [4.78, 5) is -0.277. The number of hydrogen-bond acceptors (Lipinski definition) is 3. The molecule has 0 aliphatic carbocycles. The molecule has 0 atom stereocenters. The van der Waals surface area contributed by atoms with Gasteiger partial charge in [0.1, 0.15) is 10.7 Å². The molecule has 0 aliphatic heterocycles. The number of rotatable bonds is 4. The van der Waals surface area contributed by atoms with Gasteiger partial charge in [-0.1, -0.05) is 0 Å². The highest BCUT2D eigenvalue weighted by Crippen LogP contribution is 2.26. The normalized spacial score (nSPS) is 11.8. The van der Waals surface area contributed by atoms with Crippen molar-refractivity contribution in [2.24, 2.45) is 0 Å². The van der Waals surface area contributed by atoms with Crippen LogP contribution >= 0.6 is 15.9 Å².